The van der Waals surface area contributed by atoms with E-state index in [0.717, 1.165) is 25.9 Å². The molecule has 5 heteroatoms. The summed E-state index contributed by atoms with van der Waals surface area (Å²) >= 11 is 0. The van der Waals surface area contributed by atoms with Crippen molar-refractivity contribution in [2.45, 2.75) is 33.1 Å². The van der Waals surface area contributed by atoms with Gasteiger partial charge in [-0.05, 0) is 31.2 Å². The van der Waals surface area contributed by atoms with Crippen LogP contribution >= 0.6 is 0 Å². The van der Waals surface area contributed by atoms with Crippen LogP contribution in [0.2, 0.25) is 0 Å². The number of nitrogens with zero attached hydrogens (tertiary/aromatic N) is 1. The summed E-state index contributed by atoms with van der Waals surface area (Å²) in [6.07, 6.45) is 1.89. The summed E-state index contributed by atoms with van der Waals surface area (Å²) in [4.78, 5) is 25.4. The number of nitrogens with one attached hydrogen (secondary N) is 1. The second-order valence-electron chi connectivity index (χ2n) is 6.24. The van der Waals surface area contributed by atoms with Gasteiger partial charge in [-0.3, -0.25) is 9.59 Å². The van der Waals surface area contributed by atoms with Crippen LogP contribution in [0, 0.1) is 17.3 Å². The minimum absolute atomic E-state index is 0.125. The molecule has 0 aliphatic carbocycles. The lowest BCUT2D eigenvalue weighted by atomic mass is 9.75. The van der Waals surface area contributed by atoms with Gasteiger partial charge in [-0.25, -0.2) is 0 Å². The van der Waals surface area contributed by atoms with E-state index in [2.05, 4.69) is 19.2 Å². The van der Waals surface area contributed by atoms with E-state index < -0.39 is 5.97 Å². The lowest BCUT2D eigenvalue weighted by Crippen LogP contribution is -2.47. The molecule has 2 atom stereocenters. The second-order valence-corrected chi connectivity index (χ2v) is 6.24. The van der Waals surface area contributed by atoms with Crippen LogP contribution in [-0.4, -0.2) is 48.1 Å². The van der Waals surface area contributed by atoms with E-state index >= 15 is 0 Å². The van der Waals surface area contributed by atoms with Crippen molar-refractivity contribution in [1.82, 2.24) is 10.2 Å². The van der Waals surface area contributed by atoms with Crippen molar-refractivity contribution in [3.05, 3.63) is 0 Å². The molecule has 2 N–H and O–H groups in total. The van der Waals surface area contributed by atoms with Gasteiger partial charge in [0.2, 0.25) is 5.91 Å². The predicted octanol–water partition coefficient (Wildman–Crippen LogP) is 0.945. The summed E-state index contributed by atoms with van der Waals surface area (Å²) in [6, 6.07) is 0. The van der Waals surface area contributed by atoms with Gasteiger partial charge in [0.25, 0.3) is 0 Å². The zero-order valence-corrected chi connectivity index (χ0v) is 11.8. The van der Waals surface area contributed by atoms with Gasteiger partial charge in [-0.1, -0.05) is 13.8 Å². The van der Waals surface area contributed by atoms with E-state index in [1.807, 2.05) is 4.90 Å². The molecule has 0 aromatic rings. The van der Waals surface area contributed by atoms with Crippen molar-refractivity contribution >= 4 is 11.9 Å². The minimum atomic E-state index is -0.764. The summed E-state index contributed by atoms with van der Waals surface area (Å²) in [5.41, 5.74) is -0.280. The zero-order valence-electron chi connectivity index (χ0n) is 11.8. The number of carbonyl (C=O) groups excluding carboxylic acids is 1. The van der Waals surface area contributed by atoms with E-state index in [1.54, 1.807) is 0 Å². The second kappa shape index (κ2) is 5.49. The number of rotatable bonds is 4. The molecule has 0 radical (unpaired) electrons. The largest absolute Gasteiger partial charge is 0.481 e. The average Bonchev–Trinajstić information content (AvgIpc) is 2.95. The van der Waals surface area contributed by atoms with Crippen LogP contribution in [0.25, 0.3) is 0 Å². The molecule has 19 heavy (non-hydrogen) atoms. The molecule has 2 fully saturated rings. The van der Waals surface area contributed by atoms with Crippen molar-refractivity contribution < 1.29 is 14.7 Å². The number of carboxylic acids is 1. The highest BCUT2D eigenvalue weighted by Crippen LogP contribution is 2.37. The maximum Gasteiger partial charge on any atom is 0.303 e. The molecule has 5 nitrogen and oxygen atoms in total. The molecule has 2 saturated heterocycles. The molecule has 0 bridgehead atoms. The fraction of sp³-hybridized carbons (Fsp3) is 0.857. The molecule has 0 spiro atoms. The number of hydrogen-bond donors (Lipinski definition) is 2. The summed E-state index contributed by atoms with van der Waals surface area (Å²) in [7, 11) is 0. The Morgan fingerprint density at radius 1 is 1.47 bits per heavy atom. The number of aliphatic carboxylic acids is 1. The van der Waals surface area contributed by atoms with Crippen molar-refractivity contribution in [1.29, 1.82) is 0 Å². The van der Waals surface area contributed by atoms with Crippen LogP contribution in [0.1, 0.15) is 33.1 Å². The molecule has 2 heterocycles. The maximum absolute atomic E-state index is 12.8. The van der Waals surface area contributed by atoms with Crippen molar-refractivity contribution in [3.63, 3.8) is 0 Å². The van der Waals surface area contributed by atoms with Gasteiger partial charge in [0, 0.05) is 26.1 Å². The number of amides is 1. The van der Waals surface area contributed by atoms with Crippen molar-refractivity contribution in [3.8, 4) is 0 Å². The Morgan fingerprint density at radius 3 is 2.74 bits per heavy atom. The minimum Gasteiger partial charge on any atom is -0.481 e. The van der Waals surface area contributed by atoms with Crippen molar-refractivity contribution in [2.24, 2.45) is 17.3 Å². The Balaban J connectivity index is 2.02. The van der Waals surface area contributed by atoms with Crippen LogP contribution in [0.5, 0.6) is 0 Å². The van der Waals surface area contributed by atoms with Gasteiger partial charge in [0.15, 0.2) is 0 Å². The van der Waals surface area contributed by atoms with Crippen LogP contribution in [0.4, 0.5) is 0 Å². The maximum atomic E-state index is 12.8. The Kier molecular flexibility index (Phi) is 4.13. The van der Waals surface area contributed by atoms with Gasteiger partial charge in [0.05, 0.1) is 5.41 Å². The van der Waals surface area contributed by atoms with E-state index in [9.17, 15) is 9.59 Å². The molecule has 0 aromatic heterocycles. The first-order valence-electron chi connectivity index (χ1n) is 7.17. The average molecular weight is 268 g/mol. The van der Waals surface area contributed by atoms with E-state index in [0.29, 0.717) is 19.0 Å². The molecule has 2 unspecified atom stereocenters. The molecular weight excluding hydrogens is 244 g/mol. The molecule has 2 aliphatic rings. The molecule has 0 aromatic carbocycles. The third kappa shape index (κ3) is 2.76. The summed E-state index contributed by atoms with van der Waals surface area (Å²) in [6.45, 7) is 7.19. The van der Waals surface area contributed by atoms with E-state index in [1.165, 1.54) is 0 Å². The highest BCUT2D eigenvalue weighted by molar-refractivity contribution is 5.84. The number of carbonyl (C=O) groups is 2. The van der Waals surface area contributed by atoms with Crippen LogP contribution < -0.4 is 5.32 Å². The van der Waals surface area contributed by atoms with Gasteiger partial charge in [0.1, 0.15) is 0 Å². The van der Waals surface area contributed by atoms with Gasteiger partial charge in [-0.2, -0.15) is 0 Å². The highest BCUT2D eigenvalue weighted by Gasteiger charge is 2.47. The van der Waals surface area contributed by atoms with Crippen LogP contribution in [0.3, 0.4) is 0 Å². The number of likely N-dealkylation sites (tertiary alicyclic amines) is 1. The van der Waals surface area contributed by atoms with Crippen LogP contribution in [0.15, 0.2) is 0 Å². The Labute approximate surface area is 114 Å². The molecule has 2 rings (SSSR count). The Morgan fingerprint density at radius 2 is 2.21 bits per heavy atom. The number of carboxylic acid groups (broad SMARTS) is 1. The SMILES string of the molecule is CC(C)C1(C(=O)N2CCC(CC(=O)O)C2)CCNC1. The summed E-state index contributed by atoms with van der Waals surface area (Å²) < 4.78 is 0. The predicted molar refractivity (Wildman–Crippen MR) is 71.7 cm³/mol. The molecular formula is C14H24N2O3. The molecule has 2 aliphatic heterocycles. The number of hydrogen-bond acceptors (Lipinski definition) is 3. The molecule has 0 saturated carbocycles. The first-order chi connectivity index (χ1) is 8.95. The summed E-state index contributed by atoms with van der Waals surface area (Å²) in [5, 5.41) is 12.1. The van der Waals surface area contributed by atoms with Gasteiger partial charge in [-0.15, -0.1) is 0 Å². The summed E-state index contributed by atoms with van der Waals surface area (Å²) in [5.74, 6) is -0.102. The Bertz CT molecular complexity index is 362. The Hall–Kier alpha value is -1.10. The first kappa shape index (κ1) is 14.3. The fourth-order valence-corrected chi connectivity index (χ4v) is 3.38. The van der Waals surface area contributed by atoms with E-state index in [4.69, 9.17) is 5.11 Å². The smallest absolute Gasteiger partial charge is 0.303 e. The fourth-order valence-electron chi connectivity index (χ4n) is 3.38. The van der Waals surface area contributed by atoms with Gasteiger partial charge < -0.3 is 15.3 Å². The standard InChI is InChI=1S/C14H24N2O3/c1-10(2)14(4-5-15-9-14)13(19)16-6-3-11(8-16)7-12(17)18/h10-11,15H,3-9H2,1-2H3,(H,17,18). The van der Waals surface area contributed by atoms with E-state index in [-0.39, 0.29) is 23.7 Å². The first-order valence-corrected chi connectivity index (χ1v) is 7.17. The monoisotopic (exact) mass is 268 g/mol. The third-order valence-corrected chi connectivity index (χ3v) is 4.76. The third-order valence-electron chi connectivity index (χ3n) is 4.76. The lowest BCUT2D eigenvalue weighted by Gasteiger charge is -2.35. The van der Waals surface area contributed by atoms with Gasteiger partial charge >= 0.3 is 5.97 Å². The molecule has 108 valence electrons. The van der Waals surface area contributed by atoms with Crippen molar-refractivity contribution in [2.75, 3.05) is 26.2 Å². The normalized spacial score (nSPS) is 31.1. The lowest BCUT2D eigenvalue weighted by molar-refractivity contribution is -0.143. The topological polar surface area (TPSA) is 69.6 Å². The highest BCUT2D eigenvalue weighted by atomic mass is 16.4. The molecule has 1 amide bonds. The van der Waals surface area contributed by atoms with Crippen LogP contribution in [-0.2, 0) is 9.59 Å². The quantitative estimate of drug-likeness (QED) is 0.796. The zero-order chi connectivity index (χ0) is 14.0.